The van der Waals surface area contributed by atoms with Gasteiger partial charge in [0.2, 0.25) is 0 Å². The maximum absolute atomic E-state index is 13.1. The molecule has 0 spiro atoms. The Morgan fingerprint density at radius 1 is 1.53 bits per heavy atom. The van der Waals surface area contributed by atoms with Crippen LogP contribution in [0.4, 0.5) is 4.39 Å². The molecule has 0 aliphatic carbocycles. The van der Waals surface area contributed by atoms with Gasteiger partial charge in [0.05, 0.1) is 6.10 Å². The number of aliphatic hydroxyl groups is 1. The summed E-state index contributed by atoms with van der Waals surface area (Å²) in [5.74, 6) is 0.558. The minimum absolute atomic E-state index is 0.0146. The van der Waals surface area contributed by atoms with Crippen LogP contribution >= 0.6 is 0 Å². The van der Waals surface area contributed by atoms with Gasteiger partial charge in [-0.25, -0.2) is 4.39 Å². The molecule has 1 heterocycles. The number of benzene rings is 1. The van der Waals surface area contributed by atoms with Gasteiger partial charge in [-0.2, -0.15) is 0 Å². The molecule has 0 aromatic heterocycles. The van der Waals surface area contributed by atoms with Crippen LogP contribution in [0, 0.1) is 11.7 Å². The predicted molar refractivity (Wildman–Crippen MR) is 64.5 cm³/mol. The van der Waals surface area contributed by atoms with E-state index in [1.807, 2.05) is 0 Å². The van der Waals surface area contributed by atoms with Crippen molar-refractivity contribution in [1.29, 1.82) is 0 Å². The maximum atomic E-state index is 13.1. The van der Waals surface area contributed by atoms with E-state index in [-0.39, 0.29) is 11.9 Å². The van der Waals surface area contributed by atoms with Gasteiger partial charge in [0.15, 0.2) is 0 Å². The molecule has 2 unspecified atom stereocenters. The first-order valence-corrected chi connectivity index (χ1v) is 6.26. The molecule has 0 fully saturated rings. The van der Waals surface area contributed by atoms with Crippen LogP contribution in [0.15, 0.2) is 18.2 Å². The summed E-state index contributed by atoms with van der Waals surface area (Å²) < 4.78 is 18.9. The first kappa shape index (κ1) is 12.4. The van der Waals surface area contributed by atoms with Gasteiger partial charge in [-0.15, -0.1) is 0 Å². The van der Waals surface area contributed by atoms with Crippen LogP contribution in [0.5, 0.6) is 5.75 Å². The highest BCUT2D eigenvalue weighted by molar-refractivity contribution is 5.37. The van der Waals surface area contributed by atoms with Crippen LogP contribution < -0.4 is 4.74 Å². The van der Waals surface area contributed by atoms with Crippen LogP contribution in [0.3, 0.4) is 0 Å². The molecule has 1 aliphatic rings. The number of ether oxygens (including phenoxy) is 1. The molecule has 1 N–H and O–H groups in total. The first-order chi connectivity index (χ1) is 8.11. The quantitative estimate of drug-likeness (QED) is 0.874. The van der Waals surface area contributed by atoms with Gasteiger partial charge in [-0.05, 0) is 24.5 Å². The lowest BCUT2D eigenvalue weighted by molar-refractivity contribution is 0.0358. The van der Waals surface area contributed by atoms with E-state index in [9.17, 15) is 9.50 Å². The zero-order valence-corrected chi connectivity index (χ0v) is 10.3. The second kappa shape index (κ2) is 5.05. The number of halogens is 1. The third-order valence-corrected chi connectivity index (χ3v) is 3.45. The highest BCUT2D eigenvalue weighted by Gasteiger charge is 2.30. The monoisotopic (exact) mass is 238 g/mol. The van der Waals surface area contributed by atoms with Gasteiger partial charge in [-0.1, -0.05) is 20.3 Å². The average molecular weight is 238 g/mol. The molecule has 0 amide bonds. The topological polar surface area (TPSA) is 29.5 Å². The highest BCUT2D eigenvalue weighted by Crippen LogP contribution is 2.37. The Balaban J connectivity index is 2.19. The van der Waals surface area contributed by atoms with Crippen molar-refractivity contribution in [3.63, 3.8) is 0 Å². The molecule has 1 aliphatic heterocycles. The molecule has 0 saturated carbocycles. The second-order valence-corrected chi connectivity index (χ2v) is 4.86. The van der Waals surface area contributed by atoms with Gasteiger partial charge in [0.1, 0.15) is 17.7 Å². The van der Waals surface area contributed by atoms with E-state index in [2.05, 4.69) is 13.8 Å². The van der Waals surface area contributed by atoms with Gasteiger partial charge in [0, 0.05) is 18.1 Å². The Kier molecular flexibility index (Phi) is 3.67. The summed E-state index contributed by atoms with van der Waals surface area (Å²) in [6.45, 7) is 4.24. The lowest BCUT2D eigenvalue weighted by atomic mass is 9.90. The average Bonchev–Trinajstić information content (AvgIpc) is 2.28. The molecular formula is C14H19FO2. The summed E-state index contributed by atoms with van der Waals surface area (Å²) >= 11 is 0. The van der Waals surface area contributed by atoms with Crippen LogP contribution in [0.25, 0.3) is 0 Å². The largest absolute Gasteiger partial charge is 0.490 e. The summed E-state index contributed by atoms with van der Waals surface area (Å²) in [6, 6.07) is 4.33. The van der Waals surface area contributed by atoms with Crippen molar-refractivity contribution in [3.8, 4) is 5.75 Å². The van der Waals surface area contributed by atoms with Crippen molar-refractivity contribution in [2.45, 2.75) is 45.3 Å². The van der Waals surface area contributed by atoms with Gasteiger partial charge < -0.3 is 9.84 Å². The fourth-order valence-electron chi connectivity index (χ4n) is 2.43. The van der Waals surface area contributed by atoms with Crippen LogP contribution in [-0.2, 0) is 0 Å². The summed E-state index contributed by atoms with van der Waals surface area (Å²) in [7, 11) is 0. The maximum Gasteiger partial charge on any atom is 0.128 e. The van der Waals surface area contributed by atoms with Crippen LogP contribution in [0.2, 0.25) is 0 Å². The molecule has 1 aromatic rings. The third-order valence-electron chi connectivity index (χ3n) is 3.45. The molecular weight excluding hydrogens is 219 g/mol. The minimum atomic E-state index is -0.538. The second-order valence-electron chi connectivity index (χ2n) is 4.86. The Labute approximate surface area is 101 Å². The van der Waals surface area contributed by atoms with E-state index in [4.69, 9.17) is 4.74 Å². The molecule has 0 saturated heterocycles. The summed E-state index contributed by atoms with van der Waals surface area (Å²) in [4.78, 5) is 0. The van der Waals surface area contributed by atoms with Crippen molar-refractivity contribution in [3.05, 3.63) is 29.6 Å². The molecule has 2 rings (SSSR count). The zero-order chi connectivity index (χ0) is 12.4. The van der Waals surface area contributed by atoms with Gasteiger partial charge in [0.25, 0.3) is 0 Å². The fourth-order valence-corrected chi connectivity index (χ4v) is 2.43. The van der Waals surface area contributed by atoms with E-state index in [1.165, 1.54) is 12.1 Å². The predicted octanol–water partition coefficient (Wildman–Crippen LogP) is 3.45. The van der Waals surface area contributed by atoms with E-state index < -0.39 is 6.10 Å². The first-order valence-electron chi connectivity index (χ1n) is 6.26. The van der Waals surface area contributed by atoms with Crippen molar-refractivity contribution in [1.82, 2.24) is 0 Å². The molecule has 17 heavy (non-hydrogen) atoms. The molecule has 3 atom stereocenters. The van der Waals surface area contributed by atoms with Crippen molar-refractivity contribution in [2.75, 3.05) is 0 Å². The summed E-state index contributed by atoms with van der Waals surface area (Å²) in [6.07, 6.45) is 2.19. The number of aliphatic hydroxyl groups excluding tert-OH is 1. The van der Waals surface area contributed by atoms with Crippen molar-refractivity contribution in [2.24, 2.45) is 5.92 Å². The summed E-state index contributed by atoms with van der Waals surface area (Å²) in [5.41, 5.74) is 0.700. The van der Waals surface area contributed by atoms with Crippen LogP contribution in [-0.4, -0.2) is 11.2 Å². The Morgan fingerprint density at radius 2 is 2.29 bits per heavy atom. The van der Waals surface area contributed by atoms with Gasteiger partial charge >= 0.3 is 0 Å². The Bertz CT molecular complexity index is 392. The summed E-state index contributed by atoms with van der Waals surface area (Å²) in [5, 5.41) is 10.0. The Morgan fingerprint density at radius 3 is 3.00 bits per heavy atom. The van der Waals surface area contributed by atoms with Crippen LogP contribution in [0.1, 0.15) is 44.8 Å². The lowest BCUT2D eigenvalue weighted by Crippen LogP contribution is -2.31. The SMILES string of the molecule is CCCC(C)C1C[C@@H](O)c2ccc(F)cc2O1. The highest BCUT2D eigenvalue weighted by atomic mass is 19.1. The normalized spacial score (nSPS) is 24.9. The van der Waals surface area contributed by atoms with E-state index in [0.717, 1.165) is 12.8 Å². The molecule has 3 heteroatoms. The van der Waals surface area contributed by atoms with E-state index in [1.54, 1.807) is 6.07 Å². The standard InChI is InChI=1S/C14H19FO2/c1-3-4-9(2)13-8-12(16)11-6-5-10(15)7-14(11)17-13/h5-7,9,12-13,16H,3-4,8H2,1-2H3/t9?,12-,13?/m1/s1. The third kappa shape index (κ3) is 2.60. The van der Waals surface area contributed by atoms with Crippen molar-refractivity contribution < 1.29 is 14.2 Å². The van der Waals surface area contributed by atoms with Gasteiger partial charge in [-0.3, -0.25) is 0 Å². The number of hydrogen-bond donors (Lipinski definition) is 1. The molecule has 94 valence electrons. The number of hydrogen-bond acceptors (Lipinski definition) is 2. The molecule has 1 aromatic carbocycles. The number of fused-ring (bicyclic) bond motifs is 1. The lowest BCUT2D eigenvalue weighted by Gasteiger charge is -2.33. The Hall–Kier alpha value is -1.09. The molecule has 0 bridgehead atoms. The van der Waals surface area contributed by atoms with E-state index in [0.29, 0.717) is 23.7 Å². The van der Waals surface area contributed by atoms with E-state index >= 15 is 0 Å². The minimum Gasteiger partial charge on any atom is -0.490 e. The zero-order valence-electron chi connectivity index (χ0n) is 10.3. The number of rotatable bonds is 3. The molecule has 0 radical (unpaired) electrons. The fraction of sp³-hybridized carbons (Fsp3) is 0.571. The van der Waals surface area contributed by atoms with Crippen molar-refractivity contribution >= 4 is 0 Å². The smallest absolute Gasteiger partial charge is 0.128 e. The molecule has 2 nitrogen and oxygen atoms in total.